The van der Waals surface area contributed by atoms with Gasteiger partial charge in [0.15, 0.2) is 0 Å². The number of nitrogens with zero attached hydrogens (tertiary/aromatic N) is 2. The molecule has 0 fully saturated rings. The minimum absolute atomic E-state index is 0.186. The molecule has 4 rings (SSSR count). The monoisotopic (exact) mass is 786 g/mol. The highest BCUT2D eigenvalue weighted by Gasteiger charge is 2.51. The number of carbonyl (C=O) groups excluding carboxylic acids is 5. The number of ether oxygens (including phenoxy) is 2. The van der Waals surface area contributed by atoms with Crippen LogP contribution in [0.25, 0.3) is 0 Å². The Hall–Kier alpha value is -6.25. The zero-order valence-corrected chi connectivity index (χ0v) is 32.2. The molecule has 15 heteroatoms. The summed E-state index contributed by atoms with van der Waals surface area (Å²) in [5.74, 6) is -8.98. The highest BCUT2D eigenvalue weighted by Crippen LogP contribution is 2.27. The highest BCUT2D eigenvalue weighted by molar-refractivity contribution is 5.97. The van der Waals surface area contributed by atoms with Crippen LogP contribution in [0.15, 0.2) is 109 Å². The summed E-state index contributed by atoms with van der Waals surface area (Å²) in [6.45, 7) is 6.09. The molecule has 4 amide bonds. The molecule has 0 aliphatic carbocycles. The molecular weight excluding hydrogens is 738 g/mol. The summed E-state index contributed by atoms with van der Waals surface area (Å²) >= 11 is 0. The summed E-state index contributed by atoms with van der Waals surface area (Å²) in [7, 11) is 0. The molecule has 2 aromatic carbocycles. The number of aromatic nitrogens is 2. The average molecular weight is 787 g/mol. The van der Waals surface area contributed by atoms with Gasteiger partial charge in [-0.05, 0) is 60.1 Å². The molecule has 302 valence electrons. The molecule has 0 saturated heterocycles. The number of alkyl halides is 2. The standard InChI is InChI=1S/C42H48F2N6O7/c1-27(2)35(49-40(54)56-25-31-19-11-13-21-45-31)38(52)47-33(23-29-15-7-5-8-16-29)37(51)42(43,44)34(24-30-17-9-6-10-18-30)48-39(53)36(28(3)4)50-41(55)57-26-32-20-12-14-22-46-32/h5-22,27-28,33-36H,23-26H2,1-4H3,(H,47,52)(H,48,53)(H,49,54)(H,50,55). The molecule has 0 bridgehead atoms. The number of nitrogens with one attached hydrogen (secondary N) is 4. The molecule has 4 atom stereocenters. The number of ketones is 1. The molecule has 0 aliphatic rings. The van der Waals surface area contributed by atoms with Crippen LogP contribution in [0.4, 0.5) is 18.4 Å². The number of benzene rings is 2. The van der Waals surface area contributed by atoms with Crippen molar-refractivity contribution in [1.82, 2.24) is 31.2 Å². The van der Waals surface area contributed by atoms with Gasteiger partial charge in [0, 0.05) is 12.4 Å². The topological polar surface area (TPSA) is 178 Å². The molecule has 0 saturated carbocycles. The van der Waals surface area contributed by atoms with Crippen molar-refractivity contribution in [3.8, 4) is 0 Å². The summed E-state index contributed by atoms with van der Waals surface area (Å²) in [6.07, 6.45) is 0.303. The molecule has 4 N–H and O–H groups in total. The lowest BCUT2D eigenvalue weighted by molar-refractivity contribution is -0.153. The maximum absolute atomic E-state index is 16.9. The van der Waals surface area contributed by atoms with E-state index in [1.807, 2.05) is 0 Å². The van der Waals surface area contributed by atoms with Crippen LogP contribution in [0.3, 0.4) is 0 Å². The summed E-state index contributed by atoms with van der Waals surface area (Å²) in [4.78, 5) is 75.3. The van der Waals surface area contributed by atoms with E-state index in [0.29, 0.717) is 22.5 Å². The first-order chi connectivity index (χ1) is 27.2. The Balaban J connectivity index is 1.57. The predicted molar refractivity (Wildman–Crippen MR) is 206 cm³/mol. The smallest absolute Gasteiger partial charge is 0.408 e. The Kier molecular flexibility index (Phi) is 16.1. The van der Waals surface area contributed by atoms with Gasteiger partial charge in [0.2, 0.25) is 17.6 Å². The number of carbonyl (C=O) groups is 5. The molecule has 4 aromatic rings. The number of hydrogen-bond donors (Lipinski definition) is 4. The third-order valence-corrected chi connectivity index (χ3v) is 8.88. The van der Waals surface area contributed by atoms with Crippen molar-refractivity contribution < 1.29 is 42.2 Å². The Morgan fingerprint density at radius 1 is 0.579 bits per heavy atom. The third kappa shape index (κ3) is 13.5. The van der Waals surface area contributed by atoms with Gasteiger partial charge in [-0.2, -0.15) is 8.78 Å². The van der Waals surface area contributed by atoms with E-state index in [4.69, 9.17) is 9.47 Å². The van der Waals surface area contributed by atoms with Crippen LogP contribution in [0.5, 0.6) is 0 Å². The first kappa shape index (κ1) is 43.5. The van der Waals surface area contributed by atoms with Crippen molar-refractivity contribution in [2.24, 2.45) is 11.8 Å². The van der Waals surface area contributed by atoms with E-state index >= 15 is 8.78 Å². The van der Waals surface area contributed by atoms with Gasteiger partial charge in [0.1, 0.15) is 31.3 Å². The normalized spacial score (nSPS) is 13.4. The van der Waals surface area contributed by atoms with Crippen LogP contribution in [-0.4, -0.2) is 69.8 Å². The fraction of sp³-hybridized carbons (Fsp3) is 0.357. The largest absolute Gasteiger partial charge is 0.443 e. The minimum atomic E-state index is -4.28. The van der Waals surface area contributed by atoms with Crippen LogP contribution in [0, 0.1) is 11.8 Å². The fourth-order valence-corrected chi connectivity index (χ4v) is 5.76. The Morgan fingerprint density at radius 2 is 1.00 bits per heavy atom. The maximum atomic E-state index is 16.9. The Labute approximate surface area is 330 Å². The lowest BCUT2D eigenvalue weighted by Crippen LogP contribution is -2.63. The molecule has 57 heavy (non-hydrogen) atoms. The zero-order chi connectivity index (χ0) is 41.4. The molecule has 4 unspecified atom stereocenters. The van der Waals surface area contributed by atoms with E-state index < -0.39 is 78.1 Å². The lowest BCUT2D eigenvalue weighted by atomic mass is 9.90. The van der Waals surface area contributed by atoms with Crippen molar-refractivity contribution in [2.45, 2.75) is 83.8 Å². The van der Waals surface area contributed by atoms with Crippen molar-refractivity contribution in [3.63, 3.8) is 0 Å². The first-order valence-electron chi connectivity index (χ1n) is 18.5. The summed E-state index contributed by atoms with van der Waals surface area (Å²) in [5, 5.41) is 9.69. The van der Waals surface area contributed by atoms with Crippen molar-refractivity contribution in [1.29, 1.82) is 0 Å². The highest BCUT2D eigenvalue weighted by atomic mass is 19.3. The van der Waals surface area contributed by atoms with E-state index in [0.717, 1.165) is 0 Å². The number of amides is 4. The second-order valence-corrected chi connectivity index (χ2v) is 14.0. The summed E-state index contributed by atoms with van der Waals surface area (Å²) in [5.41, 5.74) is 1.76. The number of rotatable bonds is 19. The van der Waals surface area contributed by atoms with E-state index in [9.17, 15) is 24.0 Å². The van der Waals surface area contributed by atoms with Gasteiger partial charge in [-0.15, -0.1) is 0 Å². The quantitative estimate of drug-likeness (QED) is 0.0978. The van der Waals surface area contributed by atoms with Crippen LogP contribution < -0.4 is 21.3 Å². The van der Waals surface area contributed by atoms with Gasteiger partial charge in [0.25, 0.3) is 0 Å². The second kappa shape index (κ2) is 21.2. The SMILES string of the molecule is CC(C)C(NC(=O)OCc1ccccn1)C(=O)NC(Cc1ccccc1)C(=O)C(F)(F)C(Cc1ccccc1)NC(=O)C(NC(=O)OCc1ccccn1)C(C)C. The Morgan fingerprint density at radius 3 is 1.42 bits per heavy atom. The molecule has 2 aromatic heterocycles. The summed E-state index contributed by atoms with van der Waals surface area (Å²) < 4.78 is 44.2. The maximum Gasteiger partial charge on any atom is 0.408 e. The van der Waals surface area contributed by atoms with E-state index in [1.54, 1.807) is 125 Å². The summed E-state index contributed by atoms with van der Waals surface area (Å²) in [6, 6.07) is 19.9. The van der Waals surface area contributed by atoms with Gasteiger partial charge in [-0.1, -0.05) is 100 Å². The number of alkyl carbamates (subject to hydrolysis) is 2. The molecular formula is C42H48F2N6O7. The van der Waals surface area contributed by atoms with Crippen molar-refractivity contribution >= 4 is 29.8 Å². The van der Waals surface area contributed by atoms with Gasteiger partial charge >= 0.3 is 18.1 Å². The number of pyridine rings is 2. The van der Waals surface area contributed by atoms with E-state index in [-0.39, 0.29) is 19.6 Å². The first-order valence-corrected chi connectivity index (χ1v) is 18.5. The second-order valence-electron chi connectivity index (χ2n) is 14.0. The zero-order valence-electron chi connectivity index (χ0n) is 32.2. The lowest BCUT2D eigenvalue weighted by Gasteiger charge is -2.32. The van der Waals surface area contributed by atoms with Gasteiger partial charge in [-0.3, -0.25) is 24.4 Å². The van der Waals surface area contributed by atoms with Crippen molar-refractivity contribution in [3.05, 3.63) is 132 Å². The molecule has 13 nitrogen and oxygen atoms in total. The van der Waals surface area contributed by atoms with Crippen LogP contribution >= 0.6 is 0 Å². The molecule has 2 heterocycles. The van der Waals surface area contributed by atoms with Crippen molar-refractivity contribution in [2.75, 3.05) is 0 Å². The Bertz CT molecular complexity index is 1910. The van der Waals surface area contributed by atoms with E-state index in [2.05, 4.69) is 31.2 Å². The molecule has 0 spiro atoms. The van der Waals surface area contributed by atoms with Gasteiger partial charge in [-0.25, -0.2) is 9.59 Å². The van der Waals surface area contributed by atoms with Crippen LogP contribution in [-0.2, 0) is 49.9 Å². The minimum Gasteiger partial charge on any atom is -0.443 e. The number of halogens is 2. The average Bonchev–Trinajstić information content (AvgIpc) is 3.20. The number of Topliss-reactive ketones (excluding diaryl/α,β-unsaturated/α-hetero) is 1. The van der Waals surface area contributed by atoms with Gasteiger partial charge < -0.3 is 30.7 Å². The predicted octanol–water partition coefficient (Wildman–Crippen LogP) is 5.34. The molecule has 0 radical (unpaired) electrons. The number of hydrogen-bond acceptors (Lipinski definition) is 9. The van der Waals surface area contributed by atoms with Crippen LogP contribution in [0.1, 0.15) is 50.2 Å². The van der Waals surface area contributed by atoms with Crippen LogP contribution in [0.2, 0.25) is 0 Å². The van der Waals surface area contributed by atoms with Gasteiger partial charge in [0.05, 0.1) is 17.4 Å². The van der Waals surface area contributed by atoms with E-state index in [1.165, 1.54) is 12.4 Å². The third-order valence-electron chi connectivity index (χ3n) is 8.88. The fourth-order valence-electron chi connectivity index (χ4n) is 5.76. The molecule has 0 aliphatic heterocycles.